The Morgan fingerprint density at radius 1 is 1.26 bits per heavy atom. The van der Waals surface area contributed by atoms with Gasteiger partial charge in [-0.05, 0) is 35.9 Å². The van der Waals surface area contributed by atoms with Crippen molar-refractivity contribution in [1.29, 1.82) is 0 Å². The molecule has 0 unspecified atom stereocenters. The van der Waals surface area contributed by atoms with E-state index in [2.05, 4.69) is 15.5 Å². The average Bonchev–Trinajstić information content (AvgIpc) is 3.08. The Balaban J connectivity index is 1.62. The molecule has 0 saturated carbocycles. The van der Waals surface area contributed by atoms with E-state index in [9.17, 15) is 19.7 Å². The first-order chi connectivity index (χ1) is 13.0. The Bertz CT molecular complexity index is 956. The number of hydrogen-bond donors (Lipinski definition) is 1. The van der Waals surface area contributed by atoms with Crippen molar-refractivity contribution < 1.29 is 19.2 Å². The predicted molar refractivity (Wildman–Crippen MR) is 100 cm³/mol. The lowest BCUT2D eigenvalue weighted by atomic mass is 10.2. The Labute approximate surface area is 157 Å². The summed E-state index contributed by atoms with van der Waals surface area (Å²) in [5.41, 5.74) is 0.611. The fraction of sp³-hybridized carbons (Fsp3) is 0.0588. The number of rotatable bonds is 5. The van der Waals surface area contributed by atoms with Crippen molar-refractivity contribution in [3.8, 4) is 5.75 Å². The van der Waals surface area contributed by atoms with Crippen LogP contribution in [0.25, 0.3) is 0 Å². The van der Waals surface area contributed by atoms with Crippen LogP contribution in [0.4, 0.5) is 5.69 Å². The highest BCUT2D eigenvalue weighted by molar-refractivity contribution is 8.15. The first kappa shape index (κ1) is 18.3. The monoisotopic (exact) mass is 384 g/mol. The number of amidine groups is 1. The minimum Gasteiger partial charge on any atom is -0.423 e. The summed E-state index contributed by atoms with van der Waals surface area (Å²) in [6.45, 7) is 0. The molecule has 136 valence electrons. The molecule has 0 bridgehead atoms. The summed E-state index contributed by atoms with van der Waals surface area (Å²) in [5, 5.41) is 21.5. The molecular weight excluding hydrogens is 372 g/mol. The maximum absolute atomic E-state index is 12.1. The smallest absolute Gasteiger partial charge is 0.343 e. The predicted octanol–water partition coefficient (Wildman–Crippen LogP) is 2.37. The van der Waals surface area contributed by atoms with Crippen LogP contribution in [0.15, 0.2) is 58.7 Å². The van der Waals surface area contributed by atoms with Crippen molar-refractivity contribution in [3.05, 3.63) is 69.8 Å². The van der Waals surface area contributed by atoms with Gasteiger partial charge in [-0.3, -0.25) is 14.9 Å². The van der Waals surface area contributed by atoms with Crippen LogP contribution in [0.1, 0.15) is 15.9 Å². The van der Waals surface area contributed by atoms with Gasteiger partial charge in [0, 0.05) is 12.1 Å². The van der Waals surface area contributed by atoms with E-state index in [4.69, 9.17) is 4.74 Å². The molecule has 0 radical (unpaired) electrons. The van der Waals surface area contributed by atoms with Crippen LogP contribution in [0.5, 0.6) is 5.75 Å². The standard InChI is InChI=1S/C17H12N4O5S/c22-15-10-27-17(19-15)20-18-9-11-4-6-14(7-5-11)26-16(23)12-2-1-3-13(8-12)21(24)25/h1-9H,10H2,(H,19,20,22). The largest absolute Gasteiger partial charge is 0.423 e. The Kier molecular flexibility index (Phi) is 5.57. The second-order valence-corrected chi connectivity index (χ2v) is 6.22. The highest BCUT2D eigenvalue weighted by Crippen LogP contribution is 2.17. The van der Waals surface area contributed by atoms with Crippen LogP contribution < -0.4 is 10.1 Å². The van der Waals surface area contributed by atoms with Gasteiger partial charge >= 0.3 is 5.97 Å². The molecule has 3 rings (SSSR count). The molecule has 1 aliphatic heterocycles. The molecule has 0 aliphatic carbocycles. The number of hydrogen-bond acceptors (Lipinski definition) is 8. The molecule has 2 aromatic carbocycles. The topological polar surface area (TPSA) is 123 Å². The van der Waals surface area contributed by atoms with E-state index in [1.54, 1.807) is 24.3 Å². The molecule has 1 saturated heterocycles. The third-order valence-electron chi connectivity index (χ3n) is 3.33. The lowest BCUT2D eigenvalue weighted by Crippen LogP contribution is -2.19. The fourth-order valence-electron chi connectivity index (χ4n) is 2.06. The van der Waals surface area contributed by atoms with Gasteiger partial charge in [-0.15, -0.1) is 5.10 Å². The summed E-state index contributed by atoms with van der Waals surface area (Å²) in [7, 11) is 0. The molecule has 2 aromatic rings. The van der Waals surface area contributed by atoms with Crippen molar-refractivity contribution in [2.75, 3.05) is 5.75 Å². The third kappa shape index (κ3) is 4.98. The quantitative estimate of drug-likeness (QED) is 0.277. The highest BCUT2D eigenvalue weighted by Gasteiger charge is 2.16. The van der Waals surface area contributed by atoms with E-state index in [1.165, 1.54) is 36.2 Å². The molecule has 1 heterocycles. The van der Waals surface area contributed by atoms with E-state index in [0.717, 1.165) is 6.07 Å². The van der Waals surface area contributed by atoms with Gasteiger partial charge < -0.3 is 10.1 Å². The summed E-state index contributed by atoms with van der Waals surface area (Å²) in [6.07, 6.45) is 1.49. The molecule has 1 N–H and O–H groups in total. The molecule has 1 fully saturated rings. The average molecular weight is 384 g/mol. The van der Waals surface area contributed by atoms with Gasteiger partial charge in [0.15, 0.2) is 5.17 Å². The summed E-state index contributed by atoms with van der Waals surface area (Å²) in [5.74, 6) is -0.183. The minimum atomic E-state index is -0.694. The number of nitro groups is 1. The number of amides is 1. The SMILES string of the molecule is O=C1CS/C(=N\N=Cc2ccc(OC(=O)c3cccc([N+](=O)[O-])c3)cc2)N1. The maximum atomic E-state index is 12.1. The number of esters is 1. The van der Waals surface area contributed by atoms with Crippen molar-refractivity contribution in [2.45, 2.75) is 0 Å². The molecule has 10 heteroatoms. The second-order valence-electron chi connectivity index (χ2n) is 5.25. The lowest BCUT2D eigenvalue weighted by molar-refractivity contribution is -0.384. The molecular formula is C17H12N4O5S. The van der Waals surface area contributed by atoms with Gasteiger partial charge in [-0.2, -0.15) is 5.10 Å². The number of carbonyl (C=O) groups excluding carboxylic acids is 2. The minimum absolute atomic E-state index is 0.0850. The molecule has 1 amide bonds. The first-order valence-corrected chi connectivity index (χ1v) is 8.60. The van der Waals surface area contributed by atoms with Crippen molar-refractivity contribution in [1.82, 2.24) is 5.32 Å². The van der Waals surface area contributed by atoms with Gasteiger partial charge in [0.1, 0.15) is 5.75 Å². The van der Waals surface area contributed by atoms with Gasteiger partial charge in [0.05, 0.1) is 22.5 Å². The zero-order chi connectivity index (χ0) is 19.2. The van der Waals surface area contributed by atoms with Crippen LogP contribution >= 0.6 is 11.8 Å². The molecule has 9 nitrogen and oxygen atoms in total. The van der Waals surface area contributed by atoms with E-state index in [1.807, 2.05) is 0 Å². The Morgan fingerprint density at radius 2 is 2.04 bits per heavy atom. The molecule has 0 atom stereocenters. The Hall–Kier alpha value is -3.53. The molecule has 0 aromatic heterocycles. The normalized spacial score (nSPS) is 15.1. The van der Waals surface area contributed by atoms with Gasteiger partial charge in [0.25, 0.3) is 5.69 Å². The van der Waals surface area contributed by atoms with Crippen LogP contribution in [0, 0.1) is 10.1 Å². The highest BCUT2D eigenvalue weighted by atomic mass is 32.2. The molecule has 27 heavy (non-hydrogen) atoms. The number of benzene rings is 2. The first-order valence-electron chi connectivity index (χ1n) is 7.61. The van der Waals surface area contributed by atoms with E-state index >= 15 is 0 Å². The number of nitrogens with one attached hydrogen (secondary N) is 1. The number of nitro benzene ring substituents is 1. The van der Waals surface area contributed by atoms with Crippen molar-refractivity contribution in [2.24, 2.45) is 10.2 Å². The second kappa shape index (κ2) is 8.23. The van der Waals surface area contributed by atoms with E-state index in [-0.39, 0.29) is 22.9 Å². The summed E-state index contributed by atoms with van der Waals surface area (Å²) in [4.78, 5) is 33.3. The Morgan fingerprint density at radius 3 is 2.70 bits per heavy atom. The maximum Gasteiger partial charge on any atom is 0.343 e. The van der Waals surface area contributed by atoms with Gasteiger partial charge in [-0.25, -0.2) is 4.79 Å². The van der Waals surface area contributed by atoms with E-state index < -0.39 is 10.9 Å². The molecule has 0 spiro atoms. The summed E-state index contributed by atoms with van der Waals surface area (Å²) >= 11 is 1.27. The van der Waals surface area contributed by atoms with Crippen LogP contribution in [-0.4, -0.2) is 33.9 Å². The molecule has 1 aliphatic rings. The number of carbonyl (C=O) groups is 2. The number of nitrogens with zero attached hydrogens (tertiary/aromatic N) is 3. The zero-order valence-electron chi connectivity index (χ0n) is 13.7. The van der Waals surface area contributed by atoms with Gasteiger partial charge in [0.2, 0.25) is 5.91 Å². The van der Waals surface area contributed by atoms with Crippen LogP contribution in [0.3, 0.4) is 0 Å². The number of non-ortho nitro benzene ring substituents is 1. The zero-order valence-corrected chi connectivity index (χ0v) is 14.5. The van der Waals surface area contributed by atoms with Crippen molar-refractivity contribution >= 4 is 40.7 Å². The van der Waals surface area contributed by atoms with Gasteiger partial charge in [-0.1, -0.05) is 17.8 Å². The third-order valence-corrected chi connectivity index (χ3v) is 4.19. The van der Waals surface area contributed by atoms with Crippen molar-refractivity contribution in [3.63, 3.8) is 0 Å². The number of ether oxygens (including phenoxy) is 1. The van der Waals surface area contributed by atoms with E-state index in [0.29, 0.717) is 16.5 Å². The fourth-order valence-corrected chi connectivity index (χ4v) is 2.69. The summed E-state index contributed by atoms with van der Waals surface area (Å²) in [6, 6.07) is 11.8. The lowest BCUT2D eigenvalue weighted by Gasteiger charge is -2.04. The van der Waals surface area contributed by atoms with Crippen LogP contribution in [0.2, 0.25) is 0 Å². The number of thioether (sulfide) groups is 1. The summed E-state index contributed by atoms with van der Waals surface area (Å²) < 4.78 is 5.20. The van der Waals surface area contributed by atoms with Crippen LogP contribution in [-0.2, 0) is 4.79 Å².